The number of likely N-dealkylation sites (tertiary alicyclic amines) is 1. The number of nitrogens with zero attached hydrogens (tertiary/aromatic N) is 1. The second kappa shape index (κ2) is 12.5. The molecule has 6 heteroatoms. The van der Waals surface area contributed by atoms with Crippen molar-refractivity contribution in [3.8, 4) is 17.2 Å². The van der Waals surface area contributed by atoms with E-state index in [0.717, 1.165) is 50.4 Å². The Bertz CT molecular complexity index is 1040. The molecule has 0 radical (unpaired) electrons. The van der Waals surface area contributed by atoms with E-state index >= 15 is 0 Å². The summed E-state index contributed by atoms with van der Waals surface area (Å²) in [4.78, 5) is 13.5. The van der Waals surface area contributed by atoms with Crippen molar-refractivity contribution in [3.05, 3.63) is 89.5 Å². The predicted octanol–water partition coefficient (Wildman–Crippen LogP) is 5.72. The summed E-state index contributed by atoms with van der Waals surface area (Å²) in [5.41, 5.74) is 2.91. The molecule has 6 nitrogen and oxygen atoms in total. The fourth-order valence-electron chi connectivity index (χ4n) is 5.04. The Morgan fingerprint density at radius 2 is 1.33 bits per heavy atom. The molecule has 36 heavy (non-hydrogen) atoms. The van der Waals surface area contributed by atoms with Crippen LogP contribution in [0.4, 0.5) is 0 Å². The Morgan fingerprint density at radius 3 is 1.81 bits per heavy atom. The van der Waals surface area contributed by atoms with Gasteiger partial charge < -0.3 is 24.2 Å². The van der Waals surface area contributed by atoms with Gasteiger partial charge in [-0.2, -0.15) is 0 Å². The molecular formula is C30H35NO5. The summed E-state index contributed by atoms with van der Waals surface area (Å²) in [6.07, 6.45) is 3.21. The van der Waals surface area contributed by atoms with Crippen LogP contribution < -0.4 is 14.2 Å². The third kappa shape index (κ3) is 6.58. The highest BCUT2D eigenvalue weighted by molar-refractivity contribution is 5.87. The van der Waals surface area contributed by atoms with Gasteiger partial charge in [-0.1, -0.05) is 24.3 Å². The molecule has 0 spiro atoms. The fraction of sp³-hybridized carbons (Fsp3) is 0.367. The quantitative estimate of drug-likeness (QED) is 0.348. The van der Waals surface area contributed by atoms with Gasteiger partial charge in [0.2, 0.25) is 0 Å². The van der Waals surface area contributed by atoms with Crippen molar-refractivity contribution >= 4 is 5.97 Å². The molecule has 0 saturated carbocycles. The fourth-order valence-corrected chi connectivity index (χ4v) is 5.04. The van der Waals surface area contributed by atoms with Gasteiger partial charge >= 0.3 is 5.97 Å². The molecule has 0 unspecified atom stereocenters. The molecule has 0 aliphatic carbocycles. The van der Waals surface area contributed by atoms with Crippen LogP contribution in [0.2, 0.25) is 0 Å². The summed E-state index contributed by atoms with van der Waals surface area (Å²) in [5, 5.41) is 9.00. The highest BCUT2D eigenvalue weighted by atomic mass is 16.5. The van der Waals surface area contributed by atoms with Crippen molar-refractivity contribution in [3.63, 3.8) is 0 Å². The highest BCUT2D eigenvalue weighted by Crippen LogP contribution is 2.39. The topological polar surface area (TPSA) is 68.2 Å². The van der Waals surface area contributed by atoms with Crippen molar-refractivity contribution < 1.29 is 24.1 Å². The number of carboxylic acids is 1. The van der Waals surface area contributed by atoms with Crippen LogP contribution in [0, 0.1) is 5.92 Å². The number of carbonyl (C=O) groups is 1. The van der Waals surface area contributed by atoms with Crippen molar-refractivity contribution in [2.24, 2.45) is 5.92 Å². The van der Waals surface area contributed by atoms with Crippen LogP contribution >= 0.6 is 0 Å². The maximum Gasteiger partial charge on any atom is 0.335 e. The standard InChI is InChI=1S/C30H35NO5/c1-34-26-10-4-22(5-11-26)29(23-6-12-27(35-2)13-7-23)24-16-19-31(20-17-24)18-3-21-36-28-14-8-25(9-15-28)30(32)33/h4-15,24,29H,3,16-21H2,1-2H3,(H,32,33). The zero-order chi connectivity index (χ0) is 25.3. The number of rotatable bonds is 11. The lowest BCUT2D eigenvalue weighted by atomic mass is 9.76. The number of methoxy groups -OCH3 is 2. The molecule has 0 bridgehead atoms. The molecule has 0 amide bonds. The lowest BCUT2D eigenvalue weighted by Gasteiger charge is -2.36. The molecule has 1 fully saturated rings. The maximum absolute atomic E-state index is 11.0. The molecule has 1 aliphatic heterocycles. The Kier molecular flexibility index (Phi) is 8.85. The molecule has 1 aliphatic rings. The second-order valence-corrected chi connectivity index (χ2v) is 9.23. The van der Waals surface area contributed by atoms with Gasteiger partial charge in [0.25, 0.3) is 0 Å². The lowest BCUT2D eigenvalue weighted by Crippen LogP contribution is -2.36. The SMILES string of the molecule is COc1ccc(C(c2ccc(OC)cc2)C2CCN(CCCOc3ccc(C(=O)O)cc3)CC2)cc1. The zero-order valence-corrected chi connectivity index (χ0v) is 21.1. The molecule has 4 rings (SSSR count). The van der Waals surface area contributed by atoms with Crippen LogP contribution in [0.3, 0.4) is 0 Å². The largest absolute Gasteiger partial charge is 0.497 e. The van der Waals surface area contributed by atoms with Gasteiger partial charge in [0.05, 0.1) is 26.4 Å². The van der Waals surface area contributed by atoms with Crippen LogP contribution in [0.25, 0.3) is 0 Å². The van der Waals surface area contributed by atoms with E-state index in [1.807, 2.05) is 0 Å². The molecule has 1 heterocycles. The average Bonchev–Trinajstić information content (AvgIpc) is 2.93. The summed E-state index contributed by atoms with van der Waals surface area (Å²) < 4.78 is 16.6. The van der Waals surface area contributed by atoms with E-state index < -0.39 is 5.97 Å². The van der Waals surface area contributed by atoms with Crippen molar-refractivity contribution in [1.29, 1.82) is 0 Å². The third-order valence-electron chi connectivity index (χ3n) is 7.04. The first-order chi connectivity index (χ1) is 17.6. The van der Waals surface area contributed by atoms with E-state index in [9.17, 15) is 4.79 Å². The predicted molar refractivity (Wildman–Crippen MR) is 141 cm³/mol. The molecule has 0 aromatic heterocycles. The van der Waals surface area contributed by atoms with Gasteiger partial charge in [0, 0.05) is 12.5 Å². The Balaban J connectivity index is 1.32. The van der Waals surface area contributed by atoms with Crippen molar-refractivity contribution in [2.75, 3.05) is 40.5 Å². The summed E-state index contributed by atoms with van der Waals surface area (Å²) in [6.45, 7) is 3.75. The van der Waals surface area contributed by atoms with Crippen molar-refractivity contribution in [1.82, 2.24) is 4.90 Å². The third-order valence-corrected chi connectivity index (χ3v) is 7.04. The summed E-state index contributed by atoms with van der Waals surface area (Å²) in [6, 6.07) is 23.6. The van der Waals surface area contributed by atoms with E-state index in [2.05, 4.69) is 53.4 Å². The molecule has 1 N–H and O–H groups in total. The molecular weight excluding hydrogens is 454 g/mol. The number of aromatic carboxylic acids is 1. The molecule has 3 aromatic carbocycles. The van der Waals surface area contributed by atoms with E-state index in [1.54, 1.807) is 38.5 Å². The zero-order valence-electron chi connectivity index (χ0n) is 21.1. The number of ether oxygens (including phenoxy) is 3. The monoisotopic (exact) mass is 489 g/mol. The van der Waals surface area contributed by atoms with Crippen LogP contribution in [-0.4, -0.2) is 56.4 Å². The smallest absolute Gasteiger partial charge is 0.335 e. The normalized spacial score (nSPS) is 14.5. The highest BCUT2D eigenvalue weighted by Gasteiger charge is 2.29. The molecule has 0 atom stereocenters. The van der Waals surface area contributed by atoms with Gasteiger partial charge in [0.1, 0.15) is 17.2 Å². The summed E-state index contributed by atoms with van der Waals surface area (Å²) in [5.74, 6) is 2.43. The molecule has 190 valence electrons. The number of hydrogen-bond donors (Lipinski definition) is 1. The first-order valence-electron chi connectivity index (χ1n) is 12.5. The second-order valence-electron chi connectivity index (χ2n) is 9.23. The maximum atomic E-state index is 11.0. The van der Waals surface area contributed by atoms with Gasteiger partial charge in [0.15, 0.2) is 0 Å². The number of benzene rings is 3. The molecule has 3 aromatic rings. The minimum atomic E-state index is -0.925. The van der Waals surface area contributed by atoms with E-state index in [4.69, 9.17) is 19.3 Å². The lowest BCUT2D eigenvalue weighted by molar-refractivity contribution is 0.0697. The van der Waals surface area contributed by atoms with Crippen LogP contribution in [0.5, 0.6) is 17.2 Å². The van der Waals surface area contributed by atoms with Crippen LogP contribution in [-0.2, 0) is 0 Å². The van der Waals surface area contributed by atoms with Gasteiger partial charge in [-0.15, -0.1) is 0 Å². The van der Waals surface area contributed by atoms with Gasteiger partial charge in [-0.05, 0) is 97.9 Å². The number of carboxylic acid groups (broad SMARTS) is 1. The number of piperidine rings is 1. The molecule has 1 saturated heterocycles. The summed E-state index contributed by atoms with van der Waals surface area (Å²) in [7, 11) is 3.40. The van der Waals surface area contributed by atoms with Crippen LogP contribution in [0.1, 0.15) is 46.7 Å². The van der Waals surface area contributed by atoms with Crippen LogP contribution in [0.15, 0.2) is 72.8 Å². The van der Waals surface area contributed by atoms with E-state index in [0.29, 0.717) is 24.2 Å². The van der Waals surface area contributed by atoms with E-state index in [1.165, 1.54) is 11.1 Å². The first kappa shape index (κ1) is 25.6. The Hall–Kier alpha value is -3.51. The van der Waals surface area contributed by atoms with Gasteiger partial charge in [-0.25, -0.2) is 4.79 Å². The Labute approximate surface area is 213 Å². The minimum Gasteiger partial charge on any atom is -0.497 e. The Morgan fingerprint density at radius 1 is 0.833 bits per heavy atom. The van der Waals surface area contributed by atoms with Gasteiger partial charge in [-0.3, -0.25) is 0 Å². The average molecular weight is 490 g/mol. The van der Waals surface area contributed by atoms with E-state index in [-0.39, 0.29) is 5.56 Å². The van der Waals surface area contributed by atoms with Crippen molar-refractivity contribution in [2.45, 2.75) is 25.2 Å². The number of hydrogen-bond acceptors (Lipinski definition) is 5. The first-order valence-corrected chi connectivity index (χ1v) is 12.5. The summed E-state index contributed by atoms with van der Waals surface area (Å²) >= 11 is 0. The minimum absolute atomic E-state index is 0.271.